The number of quaternary nitrogens is 1. The van der Waals surface area contributed by atoms with Crippen molar-refractivity contribution in [2.24, 2.45) is 0 Å². The van der Waals surface area contributed by atoms with Crippen molar-refractivity contribution in [3.63, 3.8) is 0 Å². The van der Waals surface area contributed by atoms with Gasteiger partial charge in [0, 0.05) is 12.8 Å². The number of aliphatic hydroxyl groups is 1. The molecule has 0 fully saturated rings. The van der Waals surface area contributed by atoms with Crippen LogP contribution in [0.2, 0.25) is 0 Å². The van der Waals surface area contributed by atoms with E-state index in [2.05, 4.69) is 43.4 Å². The van der Waals surface area contributed by atoms with Gasteiger partial charge in [-0.05, 0) is 38.5 Å². The predicted octanol–water partition coefficient (Wildman–Crippen LogP) is 3.71. The molecule has 0 aromatic heterocycles. The molecule has 0 aromatic carbocycles. The molecule has 0 aliphatic heterocycles. The van der Waals surface area contributed by atoms with Crippen molar-refractivity contribution in [2.75, 3.05) is 41.0 Å². The minimum Gasteiger partial charge on any atom is -0.544 e. The Bertz CT molecular complexity index is 636. The van der Waals surface area contributed by atoms with Crippen LogP contribution in [0.1, 0.15) is 77.6 Å². The van der Waals surface area contributed by atoms with E-state index in [4.69, 9.17) is 9.47 Å². The molecule has 0 bridgehead atoms. The Morgan fingerprint density at radius 1 is 0.886 bits per heavy atom. The summed E-state index contributed by atoms with van der Waals surface area (Å²) in [6.07, 6.45) is 22.3. The molecule has 202 valence electrons. The van der Waals surface area contributed by atoms with Gasteiger partial charge < -0.3 is 29.0 Å². The molecule has 0 aliphatic carbocycles. The van der Waals surface area contributed by atoms with E-state index < -0.39 is 18.1 Å². The number of carboxylic acids is 1. The first-order valence-electron chi connectivity index (χ1n) is 13.1. The summed E-state index contributed by atoms with van der Waals surface area (Å²) in [5.41, 5.74) is 0. The van der Waals surface area contributed by atoms with Crippen molar-refractivity contribution in [1.29, 1.82) is 0 Å². The van der Waals surface area contributed by atoms with E-state index in [9.17, 15) is 19.8 Å². The summed E-state index contributed by atoms with van der Waals surface area (Å²) < 4.78 is 10.7. The quantitative estimate of drug-likeness (QED) is 0.106. The maximum atomic E-state index is 11.8. The highest BCUT2D eigenvalue weighted by atomic mass is 16.5. The number of likely N-dealkylation sites (N-methyl/N-ethyl adjacent to an activating group) is 1. The molecule has 1 N–H and O–H groups in total. The minimum atomic E-state index is -1.12. The van der Waals surface area contributed by atoms with Gasteiger partial charge in [0.05, 0.1) is 40.3 Å². The number of aliphatic carboxylic acids is 1. The standard InChI is InChI=1S/C28H49NO6/c1-5-6-7-8-9-10-11-12-13-14-15-16-17-18-19-20-27(31)35-24-25(30)23-34-22-21-26(28(32)33)29(2,3)4/h6-7,9-10,12-13,25-26,30H,5,8,11,14-24H2,1-4H3/b7-6-,10-9-,13-12-. The summed E-state index contributed by atoms with van der Waals surface area (Å²) in [6.45, 7) is 2.20. The average Bonchev–Trinajstić information content (AvgIpc) is 2.79. The monoisotopic (exact) mass is 495 g/mol. The zero-order chi connectivity index (χ0) is 26.4. The molecule has 35 heavy (non-hydrogen) atoms. The fraction of sp³-hybridized carbons (Fsp3) is 0.714. The van der Waals surface area contributed by atoms with Crippen LogP contribution >= 0.6 is 0 Å². The fourth-order valence-corrected chi connectivity index (χ4v) is 3.43. The Morgan fingerprint density at radius 3 is 2.11 bits per heavy atom. The average molecular weight is 496 g/mol. The molecule has 0 saturated heterocycles. The van der Waals surface area contributed by atoms with E-state index in [1.165, 1.54) is 0 Å². The molecule has 7 heteroatoms. The Morgan fingerprint density at radius 2 is 1.49 bits per heavy atom. The van der Waals surface area contributed by atoms with Crippen LogP contribution in [0.5, 0.6) is 0 Å². The molecule has 0 amide bonds. The lowest BCUT2D eigenvalue weighted by Gasteiger charge is -2.34. The number of carbonyl (C=O) groups is 2. The summed E-state index contributed by atoms with van der Waals surface area (Å²) >= 11 is 0. The zero-order valence-electron chi connectivity index (χ0n) is 22.5. The van der Waals surface area contributed by atoms with Crippen LogP contribution in [0.4, 0.5) is 0 Å². The minimum absolute atomic E-state index is 0.00870. The summed E-state index contributed by atoms with van der Waals surface area (Å²) in [5.74, 6) is -1.44. The molecular weight excluding hydrogens is 446 g/mol. The van der Waals surface area contributed by atoms with E-state index >= 15 is 0 Å². The maximum Gasteiger partial charge on any atom is 0.305 e. The van der Waals surface area contributed by atoms with E-state index in [1.807, 2.05) is 0 Å². The number of unbranched alkanes of at least 4 members (excludes halogenated alkanes) is 5. The highest BCUT2D eigenvalue weighted by Gasteiger charge is 2.24. The second-order valence-corrected chi connectivity index (χ2v) is 9.75. The molecule has 2 atom stereocenters. The van der Waals surface area contributed by atoms with Gasteiger partial charge in [0.1, 0.15) is 18.8 Å². The Hall–Kier alpha value is -1.96. The first kappa shape index (κ1) is 33.0. The third kappa shape index (κ3) is 21.1. The number of esters is 1. The normalized spacial score (nSPS) is 14.2. The number of allylic oxidation sites excluding steroid dienone is 6. The highest BCUT2D eigenvalue weighted by Crippen LogP contribution is 2.09. The second-order valence-electron chi connectivity index (χ2n) is 9.75. The van der Waals surface area contributed by atoms with Crippen LogP contribution < -0.4 is 5.11 Å². The number of aliphatic hydroxyl groups excluding tert-OH is 1. The predicted molar refractivity (Wildman–Crippen MR) is 138 cm³/mol. The van der Waals surface area contributed by atoms with Crippen LogP contribution in [-0.4, -0.2) is 74.6 Å². The van der Waals surface area contributed by atoms with Crippen LogP contribution in [0, 0.1) is 0 Å². The van der Waals surface area contributed by atoms with Crippen molar-refractivity contribution in [3.05, 3.63) is 36.5 Å². The SMILES string of the molecule is CC/C=C\C/C=C\C/C=C\CCCCCCCC(=O)OCC(O)COCCC(C(=O)[O-])[N+](C)(C)C. The molecule has 0 saturated carbocycles. The van der Waals surface area contributed by atoms with E-state index in [-0.39, 0.29) is 36.7 Å². The van der Waals surface area contributed by atoms with Crippen LogP contribution in [0.25, 0.3) is 0 Å². The van der Waals surface area contributed by atoms with Gasteiger partial charge in [-0.2, -0.15) is 0 Å². The number of nitrogens with zero attached hydrogens (tertiary/aromatic N) is 1. The third-order valence-electron chi connectivity index (χ3n) is 5.52. The van der Waals surface area contributed by atoms with E-state index in [1.54, 1.807) is 21.1 Å². The smallest absolute Gasteiger partial charge is 0.305 e. The number of rotatable bonds is 22. The van der Waals surface area contributed by atoms with Gasteiger partial charge in [0.2, 0.25) is 0 Å². The zero-order valence-corrected chi connectivity index (χ0v) is 22.5. The molecular formula is C28H49NO6. The number of hydrogen-bond acceptors (Lipinski definition) is 6. The third-order valence-corrected chi connectivity index (χ3v) is 5.52. The molecule has 0 rings (SSSR count). The number of carboxylic acid groups (broad SMARTS) is 1. The summed E-state index contributed by atoms with van der Waals surface area (Å²) in [7, 11) is 5.34. The molecule has 0 heterocycles. The summed E-state index contributed by atoms with van der Waals surface area (Å²) in [4.78, 5) is 23.0. The number of hydrogen-bond donors (Lipinski definition) is 1. The lowest BCUT2D eigenvalue weighted by Crippen LogP contribution is -2.55. The highest BCUT2D eigenvalue weighted by molar-refractivity contribution is 5.69. The summed E-state index contributed by atoms with van der Waals surface area (Å²) in [5, 5.41) is 21.1. The Balaban J connectivity index is 3.63. The van der Waals surface area contributed by atoms with Crippen LogP contribution in [0.15, 0.2) is 36.5 Å². The number of carbonyl (C=O) groups excluding carboxylic acids is 2. The van der Waals surface area contributed by atoms with Crippen molar-refractivity contribution in [2.45, 2.75) is 89.7 Å². The van der Waals surface area contributed by atoms with Gasteiger partial charge in [-0.25, -0.2) is 0 Å². The van der Waals surface area contributed by atoms with Gasteiger partial charge in [0.15, 0.2) is 0 Å². The maximum absolute atomic E-state index is 11.8. The first-order valence-corrected chi connectivity index (χ1v) is 13.1. The van der Waals surface area contributed by atoms with Crippen LogP contribution in [0.3, 0.4) is 0 Å². The molecule has 7 nitrogen and oxygen atoms in total. The summed E-state index contributed by atoms with van der Waals surface area (Å²) in [6, 6.07) is -0.688. The van der Waals surface area contributed by atoms with Crippen molar-refractivity contribution >= 4 is 11.9 Å². The lowest BCUT2D eigenvalue weighted by atomic mass is 10.1. The lowest BCUT2D eigenvalue weighted by molar-refractivity contribution is -0.889. The van der Waals surface area contributed by atoms with Crippen molar-refractivity contribution in [1.82, 2.24) is 0 Å². The molecule has 0 radical (unpaired) electrons. The molecule has 0 aromatic rings. The van der Waals surface area contributed by atoms with Gasteiger partial charge in [-0.1, -0.05) is 62.6 Å². The topological polar surface area (TPSA) is 95.9 Å². The van der Waals surface area contributed by atoms with Crippen molar-refractivity contribution < 1.29 is 33.8 Å². The van der Waals surface area contributed by atoms with Gasteiger partial charge >= 0.3 is 5.97 Å². The van der Waals surface area contributed by atoms with Gasteiger partial charge in [-0.3, -0.25) is 4.79 Å². The Labute approximate surface area is 213 Å². The Kier molecular flexibility index (Phi) is 20.1. The largest absolute Gasteiger partial charge is 0.544 e. The second kappa shape index (κ2) is 21.3. The molecule has 2 unspecified atom stereocenters. The van der Waals surface area contributed by atoms with E-state index in [0.717, 1.165) is 57.8 Å². The van der Waals surface area contributed by atoms with Crippen molar-refractivity contribution in [3.8, 4) is 0 Å². The fourth-order valence-electron chi connectivity index (χ4n) is 3.43. The first-order chi connectivity index (χ1) is 16.7. The van der Waals surface area contributed by atoms with Crippen LogP contribution in [-0.2, 0) is 19.1 Å². The van der Waals surface area contributed by atoms with E-state index in [0.29, 0.717) is 6.42 Å². The molecule has 0 aliphatic rings. The van der Waals surface area contributed by atoms with Gasteiger partial charge in [0.25, 0.3) is 0 Å². The number of ether oxygens (including phenoxy) is 2. The van der Waals surface area contributed by atoms with Gasteiger partial charge in [-0.15, -0.1) is 0 Å². The molecule has 0 spiro atoms.